The van der Waals surface area contributed by atoms with E-state index >= 15 is 0 Å². The molecule has 27 heavy (non-hydrogen) atoms. The van der Waals surface area contributed by atoms with E-state index < -0.39 is 0 Å². The molecule has 2 amide bonds. The average Bonchev–Trinajstić information content (AvgIpc) is 3.17. The molecular weight excluding hydrogens is 347 g/mol. The molecular formula is C20H19FN4O2. The first-order chi connectivity index (χ1) is 13.0. The van der Waals surface area contributed by atoms with Crippen LogP contribution < -0.4 is 0 Å². The second-order valence-corrected chi connectivity index (χ2v) is 6.68. The minimum Gasteiger partial charge on any atom is -0.345 e. The quantitative estimate of drug-likeness (QED) is 0.758. The molecule has 0 unspecified atom stereocenters. The summed E-state index contributed by atoms with van der Waals surface area (Å²) in [7, 11) is 0. The Balaban J connectivity index is 1.42. The van der Waals surface area contributed by atoms with Gasteiger partial charge in [-0.3, -0.25) is 9.59 Å². The van der Waals surface area contributed by atoms with E-state index in [1.807, 2.05) is 6.07 Å². The summed E-state index contributed by atoms with van der Waals surface area (Å²) < 4.78 is 13.7. The molecule has 0 spiro atoms. The summed E-state index contributed by atoms with van der Waals surface area (Å²) in [5.41, 5.74) is 3.06. The molecule has 1 aliphatic rings. The molecule has 0 bridgehead atoms. The summed E-state index contributed by atoms with van der Waals surface area (Å²) in [4.78, 5) is 35.8. The number of nitrogens with one attached hydrogen (secondary N) is 1. The van der Waals surface area contributed by atoms with E-state index in [1.165, 1.54) is 6.07 Å². The molecule has 0 radical (unpaired) electrons. The minimum absolute atomic E-state index is 0.0695. The van der Waals surface area contributed by atoms with Crippen LogP contribution in [-0.4, -0.2) is 57.8 Å². The maximum absolute atomic E-state index is 13.7. The molecule has 2 heterocycles. The number of halogens is 1. The third-order valence-corrected chi connectivity index (χ3v) is 4.94. The van der Waals surface area contributed by atoms with E-state index in [9.17, 15) is 14.0 Å². The zero-order chi connectivity index (χ0) is 19.0. The fourth-order valence-corrected chi connectivity index (χ4v) is 3.27. The second kappa shape index (κ2) is 6.83. The number of carbonyl (C=O) groups is 2. The SMILES string of the molecule is Cc1ccc(C(=O)N2CCN(C(=O)c3ccc4nc[nH]c4c3)CC2)cc1F. The first-order valence-electron chi connectivity index (χ1n) is 8.81. The number of carbonyl (C=O) groups excluding carboxylic acids is 2. The Morgan fingerprint density at radius 2 is 1.56 bits per heavy atom. The zero-order valence-corrected chi connectivity index (χ0v) is 14.9. The van der Waals surface area contributed by atoms with Gasteiger partial charge in [0, 0.05) is 37.3 Å². The zero-order valence-electron chi connectivity index (χ0n) is 14.9. The first-order valence-corrected chi connectivity index (χ1v) is 8.81. The Hall–Kier alpha value is -3.22. The molecule has 2 aromatic carbocycles. The predicted octanol–water partition coefficient (Wildman–Crippen LogP) is 2.61. The van der Waals surface area contributed by atoms with Crippen LogP contribution in [0.1, 0.15) is 26.3 Å². The fourth-order valence-electron chi connectivity index (χ4n) is 3.27. The van der Waals surface area contributed by atoms with Gasteiger partial charge in [-0.2, -0.15) is 0 Å². The lowest BCUT2D eigenvalue weighted by molar-refractivity contribution is 0.0535. The molecule has 0 saturated carbocycles. The number of aromatic amines is 1. The number of aryl methyl sites for hydroxylation is 1. The Labute approximate surface area is 155 Å². The molecule has 1 aromatic heterocycles. The molecule has 3 aromatic rings. The van der Waals surface area contributed by atoms with Crippen molar-refractivity contribution in [3.63, 3.8) is 0 Å². The number of amides is 2. The molecule has 6 nitrogen and oxygen atoms in total. The van der Waals surface area contributed by atoms with Gasteiger partial charge in [0.05, 0.1) is 17.4 Å². The number of H-pyrrole nitrogens is 1. The molecule has 1 aliphatic heterocycles. The molecule has 0 aliphatic carbocycles. The molecule has 0 atom stereocenters. The van der Waals surface area contributed by atoms with Crippen molar-refractivity contribution in [2.24, 2.45) is 0 Å². The third-order valence-electron chi connectivity index (χ3n) is 4.94. The number of benzene rings is 2. The van der Waals surface area contributed by atoms with Crippen molar-refractivity contribution in [3.8, 4) is 0 Å². The van der Waals surface area contributed by atoms with Gasteiger partial charge in [-0.1, -0.05) is 6.07 Å². The summed E-state index contributed by atoms with van der Waals surface area (Å²) in [5, 5.41) is 0. The number of imidazole rings is 1. The maximum Gasteiger partial charge on any atom is 0.254 e. The van der Waals surface area contributed by atoms with E-state index in [0.717, 1.165) is 11.0 Å². The maximum atomic E-state index is 13.7. The summed E-state index contributed by atoms with van der Waals surface area (Å²) in [6.45, 7) is 3.40. The largest absolute Gasteiger partial charge is 0.345 e. The topological polar surface area (TPSA) is 69.3 Å². The predicted molar refractivity (Wildman–Crippen MR) is 99.0 cm³/mol. The van der Waals surface area contributed by atoms with E-state index in [2.05, 4.69) is 9.97 Å². The summed E-state index contributed by atoms with van der Waals surface area (Å²) in [6.07, 6.45) is 1.59. The van der Waals surface area contributed by atoms with Crippen LogP contribution in [0.5, 0.6) is 0 Å². The second-order valence-electron chi connectivity index (χ2n) is 6.68. The van der Waals surface area contributed by atoms with Crippen LogP contribution in [0.15, 0.2) is 42.7 Å². The molecule has 7 heteroatoms. The third kappa shape index (κ3) is 3.28. The number of hydrogen-bond acceptors (Lipinski definition) is 3. The van der Waals surface area contributed by atoms with Crippen LogP contribution in [0.25, 0.3) is 11.0 Å². The van der Waals surface area contributed by atoms with Gasteiger partial charge in [-0.25, -0.2) is 9.37 Å². The van der Waals surface area contributed by atoms with Crippen molar-refractivity contribution < 1.29 is 14.0 Å². The number of nitrogens with zero attached hydrogens (tertiary/aromatic N) is 3. The average molecular weight is 366 g/mol. The Morgan fingerprint density at radius 1 is 0.963 bits per heavy atom. The lowest BCUT2D eigenvalue weighted by Crippen LogP contribution is -2.50. The molecule has 138 valence electrons. The fraction of sp³-hybridized carbons (Fsp3) is 0.250. The number of rotatable bonds is 2. The van der Waals surface area contributed by atoms with Crippen LogP contribution in [0.4, 0.5) is 4.39 Å². The van der Waals surface area contributed by atoms with Gasteiger partial charge in [0.25, 0.3) is 11.8 Å². The van der Waals surface area contributed by atoms with Crippen molar-refractivity contribution in [2.75, 3.05) is 26.2 Å². The number of hydrogen-bond donors (Lipinski definition) is 1. The van der Waals surface area contributed by atoms with Crippen LogP contribution in [-0.2, 0) is 0 Å². The number of aromatic nitrogens is 2. The highest BCUT2D eigenvalue weighted by atomic mass is 19.1. The van der Waals surface area contributed by atoms with Gasteiger partial charge in [0.1, 0.15) is 5.82 Å². The van der Waals surface area contributed by atoms with E-state index in [-0.39, 0.29) is 17.6 Å². The lowest BCUT2D eigenvalue weighted by atomic mass is 10.1. The minimum atomic E-state index is -0.385. The van der Waals surface area contributed by atoms with Crippen LogP contribution >= 0.6 is 0 Å². The van der Waals surface area contributed by atoms with Crippen molar-refractivity contribution in [1.82, 2.24) is 19.8 Å². The van der Waals surface area contributed by atoms with Crippen LogP contribution in [0.3, 0.4) is 0 Å². The highest BCUT2D eigenvalue weighted by Gasteiger charge is 2.26. The smallest absolute Gasteiger partial charge is 0.254 e. The number of fused-ring (bicyclic) bond motifs is 1. The van der Waals surface area contributed by atoms with Crippen molar-refractivity contribution in [1.29, 1.82) is 0 Å². The Bertz CT molecular complexity index is 1020. The van der Waals surface area contributed by atoms with E-state index in [0.29, 0.717) is 42.9 Å². The van der Waals surface area contributed by atoms with Crippen molar-refractivity contribution in [3.05, 3.63) is 65.2 Å². The number of piperazine rings is 1. The van der Waals surface area contributed by atoms with Crippen molar-refractivity contribution >= 4 is 22.8 Å². The lowest BCUT2D eigenvalue weighted by Gasteiger charge is -2.35. The van der Waals surface area contributed by atoms with Crippen LogP contribution in [0, 0.1) is 12.7 Å². The normalized spacial score (nSPS) is 14.6. The summed E-state index contributed by atoms with van der Waals surface area (Å²) in [6, 6.07) is 9.88. The van der Waals surface area contributed by atoms with E-state index in [4.69, 9.17) is 0 Å². The Morgan fingerprint density at radius 3 is 2.19 bits per heavy atom. The van der Waals surface area contributed by atoms with E-state index in [1.54, 1.807) is 47.3 Å². The molecule has 1 saturated heterocycles. The molecule has 1 N–H and O–H groups in total. The monoisotopic (exact) mass is 366 g/mol. The van der Waals surface area contributed by atoms with Gasteiger partial charge >= 0.3 is 0 Å². The van der Waals surface area contributed by atoms with Crippen molar-refractivity contribution in [2.45, 2.75) is 6.92 Å². The van der Waals surface area contributed by atoms with Crippen LogP contribution in [0.2, 0.25) is 0 Å². The first kappa shape index (κ1) is 17.2. The molecule has 1 fully saturated rings. The molecule has 4 rings (SSSR count). The highest BCUT2D eigenvalue weighted by molar-refractivity contribution is 5.98. The van der Waals surface area contributed by atoms with Gasteiger partial charge < -0.3 is 14.8 Å². The Kier molecular flexibility index (Phi) is 4.35. The van der Waals surface area contributed by atoms with Gasteiger partial charge in [0.15, 0.2) is 0 Å². The van der Waals surface area contributed by atoms with Gasteiger partial charge in [0.2, 0.25) is 0 Å². The van der Waals surface area contributed by atoms with Gasteiger partial charge in [-0.05, 0) is 42.8 Å². The summed E-state index contributed by atoms with van der Waals surface area (Å²) >= 11 is 0. The summed E-state index contributed by atoms with van der Waals surface area (Å²) in [5.74, 6) is -0.663. The van der Waals surface area contributed by atoms with Gasteiger partial charge in [-0.15, -0.1) is 0 Å². The standard InChI is InChI=1S/C20H19FN4O2/c1-13-2-3-14(10-16(13)21)19(26)24-6-8-25(9-7-24)20(27)15-4-5-17-18(11-15)23-12-22-17/h2-5,10-12H,6-9H2,1H3,(H,22,23). The highest BCUT2D eigenvalue weighted by Crippen LogP contribution is 2.16.